The summed E-state index contributed by atoms with van der Waals surface area (Å²) >= 11 is 14.8. The van der Waals surface area contributed by atoms with E-state index in [2.05, 4.69) is 81.6 Å². The SMILES string of the molecule is C[C@H](Cc1ccc(-c2cnc(C(C)(C)C)[nH]2)cc1)NC(=O)c1ccc(O)c(Cl)c1.C[C@H](Cc1ccc(C(=O)CBr)cc1)NC(=O)c1ccc(O)c(Cl)c1.[Pr].[Pr]. The molecule has 0 aliphatic rings. The Morgan fingerprint density at radius 2 is 1.15 bits per heavy atom. The number of rotatable bonds is 11. The summed E-state index contributed by atoms with van der Waals surface area (Å²) in [7, 11) is 0. The third-order valence-corrected chi connectivity index (χ3v) is 9.32. The molecule has 0 aliphatic carbocycles. The van der Waals surface area contributed by atoms with Crippen LogP contribution in [0.1, 0.15) is 82.6 Å². The van der Waals surface area contributed by atoms with E-state index in [-0.39, 0.29) is 139 Å². The fraction of sp³-hybridized carbons (Fsp3) is 0.268. The number of ketones is 1. The number of aromatic amines is 1. The predicted octanol–water partition coefficient (Wildman–Crippen LogP) is 9.08. The van der Waals surface area contributed by atoms with E-state index < -0.39 is 0 Å². The van der Waals surface area contributed by atoms with Gasteiger partial charge in [0, 0.05) is 117 Å². The van der Waals surface area contributed by atoms with Gasteiger partial charge in [0.25, 0.3) is 11.8 Å². The maximum Gasteiger partial charge on any atom is 0.251 e. The topological polar surface area (TPSA) is 144 Å². The van der Waals surface area contributed by atoms with Crippen LogP contribution in [0.2, 0.25) is 10.0 Å². The van der Waals surface area contributed by atoms with Crippen molar-refractivity contribution in [3.05, 3.63) is 135 Å². The number of amides is 2. The maximum atomic E-state index is 12.4. The van der Waals surface area contributed by atoms with Crippen molar-refractivity contribution in [3.8, 4) is 22.8 Å². The van der Waals surface area contributed by atoms with Gasteiger partial charge in [0.05, 0.1) is 27.3 Å². The number of hydrogen-bond donors (Lipinski definition) is 5. The minimum atomic E-state index is -0.254. The standard InChI is InChI=1S/C23H26ClN3O2.C18H17BrClNO3.2Pr/c1-14(26-21(29)17-9-10-20(28)18(24)12-17)11-15-5-7-16(8-6-15)19-13-25-22(27-19)23(2,3)4;1-11(8-12-2-4-13(5-3-12)17(23)10-19)21-18(24)14-6-7-16(22)15(20)9-14;;/h5-10,12-14,28H,11H2,1-4H3,(H,25,27)(H,26,29);2-7,9,11,22H,8,10H2,1H3,(H,21,24);;/t14-;11-;;/m11../s1. The van der Waals surface area contributed by atoms with E-state index in [0.29, 0.717) is 34.9 Å². The van der Waals surface area contributed by atoms with Crippen molar-refractivity contribution in [2.45, 2.75) is 65.0 Å². The summed E-state index contributed by atoms with van der Waals surface area (Å²) in [5.74, 6) is 0.427. The monoisotopic (exact) mass is 1100 g/mol. The first-order chi connectivity index (χ1) is 25.0. The zero-order chi connectivity index (χ0) is 38.9. The second-order valence-corrected chi connectivity index (χ2v) is 15.2. The number of Topliss-reactive ketones (excluding diaryl/α,β-unsaturated/α-hetero) is 1. The third kappa shape index (κ3) is 15.1. The van der Waals surface area contributed by atoms with Gasteiger partial charge in [-0.1, -0.05) is 108 Å². The van der Waals surface area contributed by atoms with Crippen molar-refractivity contribution < 1.29 is 107 Å². The summed E-state index contributed by atoms with van der Waals surface area (Å²) in [6, 6.07) is 24.2. The Kier molecular flexibility index (Phi) is 20.5. The molecule has 0 spiro atoms. The molecular weight excluding hydrogens is 1060 g/mol. The van der Waals surface area contributed by atoms with Crippen molar-refractivity contribution >= 4 is 56.7 Å². The van der Waals surface area contributed by atoms with Crippen molar-refractivity contribution in [3.63, 3.8) is 0 Å². The Bertz CT molecular complexity index is 2060. The quantitative estimate of drug-likeness (QED) is 0.0660. The number of halogens is 3. The van der Waals surface area contributed by atoms with Crippen LogP contribution in [-0.2, 0) is 18.3 Å². The number of nitrogens with one attached hydrogen (secondary N) is 3. The molecule has 1 heterocycles. The van der Waals surface area contributed by atoms with Gasteiger partial charge < -0.3 is 25.8 Å². The summed E-state index contributed by atoms with van der Waals surface area (Å²) in [4.78, 5) is 44.0. The van der Waals surface area contributed by atoms with Crippen LogP contribution in [0.4, 0.5) is 0 Å². The van der Waals surface area contributed by atoms with Crippen LogP contribution >= 0.6 is 39.1 Å². The van der Waals surface area contributed by atoms with Gasteiger partial charge in [0.1, 0.15) is 17.3 Å². The Morgan fingerprint density at radius 1 is 0.727 bits per heavy atom. The molecule has 2 radical (unpaired) electrons. The van der Waals surface area contributed by atoms with E-state index in [1.165, 1.54) is 30.3 Å². The van der Waals surface area contributed by atoms with Crippen LogP contribution in [0.25, 0.3) is 11.3 Å². The molecule has 284 valence electrons. The van der Waals surface area contributed by atoms with E-state index in [1.54, 1.807) is 18.2 Å². The molecule has 5 aromatic rings. The van der Waals surface area contributed by atoms with Crippen LogP contribution in [-0.4, -0.2) is 55.2 Å². The molecule has 0 bridgehead atoms. The summed E-state index contributed by atoms with van der Waals surface area (Å²) in [6.07, 6.45) is 3.20. The first-order valence-electron chi connectivity index (χ1n) is 17.0. The number of aromatic nitrogens is 2. The number of phenolic OH excluding ortho intramolecular Hbond substituents is 2. The van der Waals surface area contributed by atoms with Crippen LogP contribution < -0.4 is 10.6 Å². The molecule has 14 heteroatoms. The van der Waals surface area contributed by atoms with Crippen LogP contribution in [0.5, 0.6) is 11.5 Å². The zero-order valence-corrected chi connectivity index (χ0v) is 41.8. The summed E-state index contributed by atoms with van der Waals surface area (Å²) in [6.45, 7) is 10.2. The Hall–Kier alpha value is -1.91. The van der Waals surface area contributed by atoms with Gasteiger partial charge in [-0.25, -0.2) is 4.98 Å². The fourth-order valence-electron chi connectivity index (χ4n) is 5.29. The van der Waals surface area contributed by atoms with Crippen molar-refractivity contribution in [1.29, 1.82) is 0 Å². The molecule has 5 rings (SSSR count). The largest absolute Gasteiger partial charge is 0.506 e. The first-order valence-corrected chi connectivity index (χ1v) is 18.8. The van der Waals surface area contributed by atoms with Gasteiger partial charge in [-0.05, 0) is 79.8 Å². The fourth-order valence-corrected chi connectivity index (χ4v) is 5.98. The average Bonchev–Trinajstić information content (AvgIpc) is 3.63. The number of nitrogens with zero attached hydrogens (tertiary/aromatic N) is 1. The van der Waals surface area contributed by atoms with Crippen molar-refractivity contribution in [2.75, 3.05) is 5.33 Å². The molecule has 55 heavy (non-hydrogen) atoms. The van der Waals surface area contributed by atoms with Crippen molar-refractivity contribution in [2.24, 2.45) is 0 Å². The second-order valence-electron chi connectivity index (χ2n) is 13.8. The van der Waals surface area contributed by atoms with Crippen LogP contribution in [0.15, 0.2) is 91.1 Å². The maximum absolute atomic E-state index is 12.4. The summed E-state index contributed by atoms with van der Waals surface area (Å²) < 4.78 is 0. The minimum Gasteiger partial charge on any atom is -0.506 e. The van der Waals surface area contributed by atoms with Crippen LogP contribution in [0, 0.1) is 82.6 Å². The zero-order valence-electron chi connectivity index (χ0n) is 31.3. The minimum absolute atomic E-state index is 0. The van der Waals surface area contributed by atoms with Gasteiger partial charge in [0.2, 0.25) is 0 Å². The smallest absolute Gasteiger partial charge is 0.251 e. The number of carbonyl (C=O) groups is 3. The van der Waals surface area contributed by atoms with Crippen LogP contribution in [0.3, 0.4) is 0 Å². The van der Waals surface area contributed by atoms with E-state index in [9.17, 15) is 24.6 Å². The molecule has 4 aromatic carbocycles. The molecule has 0 saturated carbocycles. The molecule has 0 aliphatic heterocycles. The third-order valence-electron chi connectivity index (χ3n) is 8.21. The number of benzene rings is 4. The Labute approximate surface area is 407 Å². The van der Waals surface area contributed by atoms with Gasteiger partial charge in [0.15, 0.2) is 5.78 Å². The van der Waals surface area contributed by atoms with Gasteiger partial charge in [-0.2, -0.15) is 0 Å². The number of aromatic hydroxyl groups is 2. The molecule has 0 unspecified atom stereocenters. The van der Waals surface area contributed by atoms with E-state index in [1.807, 2.05) is 32.2 Å². The average molecular weight is 1100 g/mol. The molecular formula is C41H43BrCl2N4O5Pr2. The molecule has 2 atom stereocenters. The number of phenols is 2. The number of alkyl halides is 1. The summed E-state index contributed by atoms with van der Waals surface area (Å²) in [5, 5.41) is 25.3. The van der Waals surface area contributed by atoms with E-state index in [4.69, 9.17) is 23.2 Å². The normalized spacial score (nSPS) is 11.8. The van der Waals surface area contributed by atoms with Gasteiger partial charge in [-0.15, -0.1) is 0 Å². The Morgan fingerprint density at radius 3 is 1.53 bits per heavy atom. The predicted molar refractivity (Wildman–Crippen MR) is 215 cm³/mol. The van der Waals surface area contributed by atoms with Gasteiger partial charge >= 0.3 is 0 Å². The number of carbonyl (C=O) groups excluding carboxylic acids is 3. The molecule has 0 fully saturated rings. The van der Waals surface area contributed by atoms with E-state index >= 15 is 0 Å². The molecule has 9 nitrogen and oxygen atoms in total. The summed E-state index contributed by atoms with van der Waals surface area (Å²) in [5.41, 5.74) is 5.67. The number of H-pyrrole nitrogens is 1. The molecule has 1 aromatic heterocycles. The molecule has 0 saturated heterocycles. The number of imidazole rings is 1. The molecule has 5 N–H and O–H groups in total. The first kappa shape index (κ1) is 49.2. The van der Waals surface area contributed by atoms with Crippen molar-refractivity contribution in [1.82, 2.24) is 20.6 Å². The molecule has 2 amide bonds. The van der Waals surface area contributed by atoms with Gasteiger partial charge in [-0.3, -0.25) is 14.4 Å². The van der Waals surface area contributed by atoms with E-state index in [0.717, 1.165) is 28.2 Å². The second kappa shape index (κ2) is 22.9. The Balaban J connectivity index is 0.000000373. The number of hydrogen-bond acceptors (Lipinski definition) is 6.